The number of benzene rings is 1. The summed E-state index contributed by atoms with van der Waals surface area (Å²) in [6, 6.07) is 8.72. The summed E-state index contributed by atoms with van der Waals surface area (Å²) in [6.45, 7) is 6.91. The molecule has 0 heterocycles. The molecule has 0 spiro atoms. The van der Waals surface area contributed by atoms with Crippen LogP contribution in [0.4, 0.5) is 0 Å². The van der Waals surface area contributed by atoms with E-state index in [2.05, 4.69) is 30.9 Å². The Kier molecular flexibility index (Phi) is 9.25. The Morgan fingerprint density at radius 3 is 2.52 bits per heavy atom. The molecule has 2 saturated carbocycles. The number of rotatable bonds is 10. The molecular weight excluding hydrogens is 386 g/mol. The SMILES string of the molecule is COc1ccccc1C1C(CC(=O)O)CCCC1N(CCC(C)C)CC1CCCCC1. The van der Waals surface area contributed by atoms with Crippen molar-refractivity contribution in [1.82, 2.24) is 4.90 Å². The van der Waals surface area contributed by atoms with E-state index < -0.39 is 5.97 Å². The standard InChI is InChI=1S/C27H43NO3/c1-20(2)16-17-28(19-21-10-5-4-6-11-21)24-14-9-12-22(18-26(29)30)27(24)23-13-7-8-15-25(23)31-3/h7-8,13,15,20-22,24,27H,4-6,9-12,14,16-19H2,1-3H3,(H,29,30). The third kappa shape index (κ3) is 6.71. The van der Waals surface area contributed by atoms with Crippen LogP contribution in [0.2, 0.25) is 0 Å². The molecule has 2 aliphatic rings. The largest absolute Gasteiger partial charge is 0.496 e. The van der Waals surface area contributed by atoms with Crippen molar-refractivity contribution in [3.8, 4) is 5.75 Å². The first-order valence-electron chi connectivity index (χ1n) is 12.6. The fourth-order valence-corrected chi connectivity index (χ4v) is 6.05. The van der Waals surface area contributed by atoms with Crippen LogP contribution in [-0.2, 0) is 4.79 Å². The molecule has 0 amide bonds. The van der Waals surface area contributed by atoms with Crippen molar-refractivity contribution in [2.24, 2.45) is 17.8 Å². The third-order valence-electron chi connectivity index (χ3n) is 7.61. The predicted molar refractivity (Wildman–Crippen MR) is 127 cm³/mol. The maximum absolute atomic E-state index is 11.8. The monoisotopic (exact) mass is 429 g/mol. The molecule has 1 aromatic rings. The third-order valence-corrected chi connectivity index (χ3v) is 7.61. The quantitative estimate of drug-likeness (QED) is 0.471. The summed E-state index contributed by atoms with van der Waals surface area (Å²) in [5, 5.41) is 9.67. The van der Waals surface area contributed by atoms with Crippen molar-refractivity contribution in [2.45, 2.75) is 90.0 Å². The molecule has 0 saturated heterocycles. The Bertz CT molecular complexity index is 683. The molecule has 0 radical (unpaired) electrons. The van der Waals surface area contributed by atoms with E-state index in [1.807, 2.05) is 12.1 Å². The molecule has 31 heavy (non-hydrogen) atoms. The summed E-state index contributed by atoms with van der Waals surface area (Å²) in [7, 11) is 1.74. The van der Waals surface area contributed by atoms with Gasteiger partial charge in [-0.1, -0.05) is 57.7 Å². The highest BCUT2D eigenvalue weighted by Gasteiger charge is 2.40. The van der Waals surface area contributed by atoms with E-state index in [-0.39, 0.29) is 18.3 Å². The summed E-state index contributed by atoms with van der Waals surface area (Å²) in [4.78, 5) is 14.5. The molecule has 4 heteroatoms. The Labute approximate surface area is 189 Å². The van der Waals surface area contributed by atoms with E-state index in [4.69, 9.17) is 4.74 Å². The highest BCUT2D eigenvalue weighted by atomic mass is 16.5. The number of carbonyl (C=O) groups is 1. The van der Waals surface area contributed by atoms with E-state index in [0.717, 1.165) is 37.5 Å². The van der Waals surface area contributed by atoms with Crippen molar-refractivity contribution in [2.75, 3.05) is 20.2 Å². The van der Waals surface area contributed by atoms with Crippen molar-refractivity contribution in [3.63, 3.8) is 0 Å². The van der Waals surface area contributed by atoms with E-state index in [1.165, 1.54) is 50.6 Å². The minimum Gasteiger partial charge on any atom is -0.496 e. The molecule has 1 N–H and O–H groups in total. The van der Waals surface area contributed by atoms with Crippen molar-refractivity contribution in [1.29, 1.82) is 0 Å². The summed E-state index contributed by atoms with van der Waals surface area (Å²) >= 11 is 0. The number of para-hydroxylation sites is 1. The predicted octanol–water partition coefficient (Wildman–Crippen LogP) is 6.35. The van der Waals surface area contributed by atoms with E-state index in [9.17, 15) is 9.90 Å². The van der Waals surface area contributed by atoms with Crippen LogP contribution in [0.5, 0.6) is 5.75 Å². The number of ether oxygens (including phenoxy) is 1. The number of hydrogen-bond donors (Lipinski definition) is 1. The van der Waals surface area contributed by atoms with Gasteiger partial charge in [-0.3, -0.25) is 9.69 Å². The fourth-order valence-electron chi connectivity index (χ4n) is 6.05. The van der Waals surface area contributed by atoms with Crippen LogP contribution in [0, 0.1) is 17.8 Å². The topological polar surface area (TPSA) is 49.8 Å². The lowest BCUT2D eigenvalue weighted by Gasteiger charge is -2.46. The number of methoxy groups -OCH3 is 1. The van der Waals surface area contributed by atoms with Gasteiger partial charge >= 0.3 is 5.97 Å². The molecule has 3 atom stereocenters. The summed E-state index contributed by atoms with van der Waals surface area (Å²) in [6.07, 6.45) is 11.5. The molecule has 1 aromatic carbocycles. The second-order valence-corrected chi connectivity index (χ2v) is 10.3. The van der Waals surface area contributed by atoms with Gasteiger partial charge in [-0.15, -0.1) is 0 Å². The zero-order valence-corrected chi connectivity index (χ0v) is 19.9. The molecular formula is C27H43NO3. The van der Waals surface area contributed by atoms with E-state index in [1.54, 1.807) is 7.11 Å². The van der Waals surface area contributed by atoms with Crippen LogP contribution < -0.4 is 4.74 Å². The Balaban J connectivity index is 1.92. The Morgan fingerprint density at radius 1 is 1.10 bits per heavy atom. The smallest absolute Gasteiger partial charge is 0.303 e. The zero-order valence-electron chi connectivity index (χ0n) is 19.9. The molecule has 0 bridgehead atoms. The second-order valence-electron chi connectivity index (χ2n) is 10.3. The van der Waals surface area contributed by atoms with Gasteiger partial charge < -0.3 is 9.84 Å². The highest BCUT2D eigenvalue weighted by molar-refractivity contribution is 5.67. The van der Waals surface area contributed by atoms with Gasteiger partial charge in [0, 0.05) is 24.9 Å². The van der Waals surface area contributed by atoms with Gasteiger partial charge in [0.15, 0.2) is 0 Å². The molecule has 3 unspecified atom stereocenters. The summed E-state index contributed by atoms with van der Waals surface area (Å²) in [5.74, 6) is 2.09. The molecule has 4 nitrogen and oxygen atoms in total. The highest BCUT2D eigenvalue weighted by Crippen LogP contribution is 2.45. The lowest BCUT2D eigenvalue weighted by molar-refractivity contribution is -0.138. The summed E-state index contributed by atoms with van der Waals surface area (Å²) in [5.41, 5.74) is 1.21. The maximum Gasteiger partial charge on any atom is 0.303 e. The van der Waals surface area contributed by atoms with Crippen LogP contribution in [-0.4, -0.2) is 42.2 Å². The molecule has 2 aliphatic carbocycles. The number of carboxylic acid groups (broad SMARTS) is 1. The second kappa shape index (κ2) is 11.9. The first kappa shape index (κ1) is 24.1. The van der Waals surface area contributed by atoms with Crippen LogP contribution >= 0.6 is 0 Å². The normalized spacial score (nSPS) is 25.1. The molecule has 2 fully saturated rings. The average molecular weight is 430 g/mol. The molecule has 0 aliphatic heterocycles. The lowest BCUT2D eigenvalue weighted by atomic mass is 9.70. The first-order valence-corrected chi connectivity index (χ1v) is 12.6. The van der Waals surface area contributed by atoms with Gasteiger partial charge in [-0.25, -0.2) is 0 Å². The van der Waals surface area contributed by atoms with Crippen LogP contribution in [0.25, 0.3) is 0 Å². The minimum atomic E-state index is -0.674. The van der Waals surface area contributed by atoms with E-state index in [0.29, 0.717) is 12.0 Å². The Hall–Kier alpha value is -1.55. The molecule has 0 aromatic heterocycles. The lowest BCUT2D eigenvalue weighted by Crippen LogP contribution is -2.47. The number of aliphatic carboxylic acids is 1. The molecule has 174 valence electrons. The van der Waals surface area contributed by atoms with Gasteiger partial charge in [0.2, 0.25) is 0 Å². The van der Waals surface area contributed by atoms with Crippen LogP contribution in [0.15, 0.2) is 24.3 Å². The van der Waals surface area contributed by atoms with Gasteiger partial charge in [0.25, 0.3) is 0 Å². The maximum atomic E-state index is 11.8. The number of carboxylic acids is 1. The first-order chi connectivity index (χ1) is 15.0. The Morgan fingerprint density at radius 2 is 1.84 bits per heavy atom. The van der Waals surface area contributed by atoms with Crippen molar-refractivity contribution < 1.29 is 14.6 Å². The number of hydrogen-bond acceptors (Lipinski definition) is 3. The van der Waals surface area contributed by atoms with Gasteiger partial charge in [-0.2, -0.15) is 0 Å². The van der Waals surface area contributed by atoms with Crippen LogP contribution in [0.3, 0.4) is 0 Å². The number of nitrogens with zero attached hydrogens (tertiary/aromatic N) is 1. The van der Waals surface area contributed by atoms with E-state index >= 15 is 0 Å². The van der Waals surface area contributed by atoms with Crippen molar-refractivity contribution >= 4 is 5.97 Å². The van der Waals surface area contributed by atoms with Gasteiger partial charge in [0.05, 0.1) is 7.11 Å². The minimum absolute atomic E-state index is 0.167. The fraction of sp³-hybridized carbons (Fsp3) is 0.741. The zero-order chi connectivity index (χ0) is 22.2. The van der Waals surface area contributed by atoms with Crippen LogP contribution in [0.1, 0.15) is 89.5 Å². The van der Waals surface area contributed by atoms with Gasteiger partial charge in [0.1, 0.15) is 5.75 Å². The molecule has 3 rings (SSSR count). The average Bonchev–Trinajstić information content (AvgIpc) is 2.76. The van der Waals surface area contributed by atoms with Crippen molar-refractivity contribution in [3.05, 3.63) is 29.8 Å². The van der Waals surface area contributed by atoms with Gasteiger partial charge in [-0.05, 0) is 68.0 Å². The summed E-state index contributed by atoms with van der Waals surface area (Å²) < 4.78 is 5.76.